The molecule has 1 aliphatic heterocycles. The second-order valence-corrected chi connectivity index (χ2v) is 6.64. The first kappa shape index (κ1) is 16.0. The average molecular weight is 335 g/mol. The van der Waals surface area contributed by atoms with Gasteiger partial charge in [0.15, 0.2) is 0 Å². The fourth-order valence-electron chi connectivity index (χ4n) is 2.79. The van der Waals surface area contributed by atoms with Crippen LogP contribution in [-0.2, 0) is 11.3 Å². The predicted molar refractivity (Wildman–Crippen MR) is 87.4 cm³/mol. The number of nitrogens with one attached hydrogen (secondary N) is 1. The number of urea groups is 1. The van der Waals surface area contributed by atoms with Crippen molar-refractivity contribution < 1.29 is 14.1 Å². The molecule has 2 amide bonds. The Kier molecular flexibility index (Phi) is 4.68. The summed E-state index contributed by atoms with van der Waals surface area (Å²) in [7, 11) is 0. The summed E-state index contributed by atoms with van der Waals surface area (Å²) in [5.74, 6) is 0.745. The number of nitrogens with zero attached hydrogens (tertiary/aromatic N) is 2. The minimum atomic E-state index is -0.0830. The standard InChI is InChI=1S/C16H21N3O3S/c1-10-7-19(8-15(21-10)13-4-5-23-9-13)16(20)17-6-14-11(2)18-22-12(14)3/h4-5,9-10,15H,6-8H2,1-3H3,(H,17,20)/t10-,15+/m0/s1. The number of morpholine rings is 1. The third-order valence-electron chi connectivity index (χ3n) is 4.06. The van der Waals surface area contributed by atoms with E-state index in [4.69, 9.17) is 9.26 Å². The lowest BCUT2D eigenvalue weighted by Gasteiger charge is -2.36. The van der Waals surface area contributed by atoms with Crippen LogP contribution >= 0.6 is 11.3 Å². The molecule has 0 spiro atoms. The highest BCUT2D eigenvalue weighted by molar-refractivity contribution is 7.07. The summed E-state index contributed by atoms with van der Waals surface area (Å²) in [5, 5.41) is 11.0. The molecule has 2 aromatic rings. The molecule has 3 heterocycles. The van der Waals surface area contributed by atoms with Crippen LogP contribution in [-0.4, -0.2) is 35.3 Å². The van der Waals surface area contributed by atoms with Crippen LogP contribution < -0.4 is 5.32 Å². The zero-order valence-corrected chi connectivity index (χ0v) is 14.4. The summed E-state index contributed by atoms with van der Waals surface area (Å²) in [5.41, 5.74) is 2.88. The van der Waals surface area contributed by atoms with Gasteiger partial charge in [-0.2, -0.15) is 11.3 Å². The van der Waals surface area contributed by atoms with Gasteiger partial charge in [-0.1, -0.05) is 5.16 Å². The number of hydrogen-bond acceptors (Lipinski definition) is 5. The Bertz CT molecular complexity index is 649. The van der Waals surface area contributed by atoms with Crippen molar-refractivity contribution in [2.24, 2.45) is 0 Å². The largest absolute Gasteiger partial charge is 0.367 e. The van der Waals surface area contributed by atoms with Crippen molar-refractivity contribution in [2.75, 3.05) is 13.1 Å². The van der Waals surface area contributed by atoms with Crippen LogP contribution in [0.1, 0.15) is 35.6 Å². The molecule has 0 unspecified atom stereocenters. The van der Waals surface area contributed by atoms with Crippen molar-refractivity contribution in [3.63, 3.8) is 0 Å². The highest BCUT2D eigenvalue weighted by Gasteiger charge is 2.29. The van der Waals surface area contributed by atoms with Gasteiger partial charge in [0.25, 0.3) is 0 Å². The molecule has 0 aliphatic carbocycles. The van der Waals surface area contributed by atoms with E-state index in [9.17, 15) is 4.79 Å². The maximum absolute atomic E-state index is 12.5. The van der Waals surface area contributed by atoms with E-state index in [1.807, 2.05) is 37.1 Å². The third-order valence-corrected chi connectivity index (χ3v) is 4.76. The van der Waals surface area contributed by atoms with Crippen LogP contribution in [0.25, 0.3) is 0 Å². The van der Waals surface area contributed by atoms with Gasteiger partial charge in [-0.25, -0.2) is 4.79 Å². The molecule has 0 radical (unpaired) electrons. The van der Waals surface area contributed by atoms with Crippen molar-refractivity contribution in [1.82, 2.24) is 15.4 Å². The number of carbonyl (C=O) groups is 1. The summed E-state index contributed by atoms with van der Waals surface area (Å²) in [6, 6.07) is 1.97. The SMILES string of the molecule is Cc1noc(C)c1CNC(=O)N1C[C@H](C)O[C@@H](c2ccsc2)C1. The second kappa shape index (κ2) is 6.72. The predicted octanol–water partition coefficient (Wildman–Crippen LogP) is 3.02. The Morgan fingerprint density at radius 1 is 1.48 bits per heavy atom. The highest BCUT2D eigenvalue weighted by atomic mass is 32.1. The van der Waals surface area contributed by atoms with E-state index in [0.717, 1.165) is 22.6 Å². The van der Waals surface area contributed by atoms with E-state index >= 15 is 0 Å². The molecule has 3 rings (SSSR count). The van der Waals surface area contributed by atoms with Crippen molar-refractivity contribution in [3.8, 4) is 0 Å². The second-order valence-electron chi connectivity index (χ2n) is 5.86. The van der Waals surface area contributed by atoms with Crippen molar-refractivity contribution in [2.45, 2.75) is 39.5 Å². The lowest BCUT2D eigenvalue weighted by molar-refractivity contribution is -0.0655. The fourth-order valence-corrected chi connectivity index (χ4v) is 3.49. The van der Waals surface area contributed by atoms with Gasteiger partial charge >= 0.3 is 6.03 Å². The molecule has 0 bridgehead atoms. The van der Waals surface area contributed by atoms with Gasteiger partial charge < -0.3 is 19.5 Å². The van der Waals surface area contributed by atoms with Gasteiger partial charge in [-0.3, -0.25) is 0 Å². The topological polar surface area (TPSA) is 67.6 Å². The van der Waals surface area contributed by atoms with E-state index in [1.54, 1.807) is 11.3 Å². The number of hydrogen-bond donors (Lipinski definition) is 1. The number of carbonyl (C=O) groups excluding carboxylic acids is 1. The number of ether oxygens (including phenoxy) is 1. The maximum atomic E-state index is 12.5. The number of amides is 2. The quantitative estimate of drug-likeness (QED) is 0.936. The Hall–Kier alpha value is -1.86. The van der Waals surface area contributed by atoms with Crippen molar-refractivity contribution >= 4 is 17.4 Å². The summed E-state index contributed by atoms with van der Waals surface area (Å²) < 4.78 is 11.1. The highest BCUT2D eigenvalue weighted by Crippen LogP contribution is 2.26. The normalized spacial score (nSPS) is 21.4. The van der Waals surface area contributed by atoms with Crippen LogP contribution in [0.2, 0.25) is 0 Å². The van der Waals surface area contributed by atoms with Crippen molar-refractivity contribution in [1.29, 1.82) is 0 Å². The molecule has 7 heteroatoms. The van der Waals surface area contributed by atoms with Crippen LogP contribution in [0.5, 0.6) is 0 Å². The fraction of sp³-hybridized carbons (Fsp3) is 0.500. The van der Waals surface area contributed by atoms with E-state index in [-0.39, 0.29) is 18.2 Å². The Morgan fingerprint density at radius 2 is 2.30 bits per heavy atom. The van der Waals surface area contributed by atoms with Crippen molar-refractivity contribution in [3.05, 3.63) is 39.4 Å². The minimum absolute atomic E-state index is 0.0125. The number of thiophene rings is 1. The lowest BCUT2D eigenvalue weighted by Crippen LogP contribution is -2.49. The molecule has 124 valence electrons. The first-order valence-corrected chi connectivity index (χ1v) is 8.61. The van der Waals surface area contributed by atoms with E-state index in [0.29, 0.717) is 19.6 Å². The Balaban J connectivity index is 1.62. The first-order valence-electron chi connectivity index (χ1n) is 7.66. The number of aromatic nitrogens is 1. The molecule has 23 heavy (non-hydrogen) atoms. The minimum Gasteiger partial charge on any atom is -0.367 e. The molecule has 1 N–H and O–H groups in total. The Morgan fingerprint density at radius 3 is 2.96 bits per heavy atom. The summed E-state index contributed by atoms with van der Waals surface area (Å²) in [6.45, 7) is 7.30. The van der Waals surface area contributed by atoms with Crippen LogP contribution in [0, 0.1) is 13.8 Å². The van der Waals surface area contributed by atoms with E-state index in [2.05, 4.69) is 15.9 Å². The van der Waals surface area contributed by atoms with Gasteiger partial charge in [-0.05, 0) is 43.2 Å². The molecular formula is C16H21N3O3S. The van der Waals surface area contributed by atoms with Gasteiger partial charge in [0.05, 0.1) is 18.3 Å². The summed E-state index contributed by atoms with van der Waals surface area (Å²) in [4.78, 5) is 14.3. The lowest BCUT2D eigenvalue weighted by atomic mass is 10.1. The van der Waals surface area contributed by atoms with E-state index < -0.39 is 0 Å². The van der Waals surface area contributed by atoms with Gasteiger partial charge in [0.2, 0.25) is 0 Å². The molecule has 1 aliphatic rings. The van der Waals surface area contributed by atoms with Gasteiger partial charge in [0, 0.05) is 18.7 Å². The number of rotatable bonds is 3. The van der Waals surface area contributed by atoms with Gasteiger partial charge in [-0.15, -0.1) is 0 Å². The molecule has 0 saturated carbocycles. The molecule has 0 aromatic carbocycles. The molecule has 1 fully saturated rings. The van der Waals surface area contributed by atoms with E-state index in [1.165, 1.54) is 0 Å². The first-order chi connectivity index (χ1) is 11.0. The monoisotopic (exact) mass is 335 g/mol. The number of aryl methyl sites for hydroxylation is 2. The zero-order valence-electron chi connectivity index (χ0n) is 13.5. The third kappa shape index (κ3) is 3.56. The van der Waals surface area contributed by atoms with Crippen LogP contribution in [0.4, 0.5) is 4.79 Å². The molecule has 2 atom stereocenters. The van der Waals surface area contributed by atoms with Gasteiger partial charge in [0.1, 0.15) is 11.9 Å². The molecule has 1 saturated heterocycles. The average Bonchev–Trinajstić information content (AvgIpc) is 3.16. The smallest absolute Gasteiger partial charge is 0.317 e. The zero-order chi connectivity index (χ0) is 16.4. The maximum Gasteiger partial charge on any atom is 0.317 e. The summed E-state index contributed by atoms with van der Waals surface area (Å²) >= 11 is 1.64. The molecule has 2 aromatic heterocycles. The molecular weight excluding hydrogens is 314 g/mol. The Labute approximate surface area is 139 Å². The summed E-state index contributed by atoms with van der Waals surface area (Å²) in [6.07, 6.45) is -0.0479. The molecule has 6 nitrogen and oxygen atoms in total. The van der Waals surface area contributed by atoms with Crippen LogP contribution in [0.3, 0.4) is 0 Å². The van der Waals surface area contributed by atoms with Crippen LogP contribution in [0.15, 0.2) is 21.3 Å².